The summed E-state index contributed by atoms with van der Waals surface area (Å²) in [4.78, 5) is 12.3. The van der Waals surface area contributed by atoms with E-state index in [9.17, 15) is 0 Å². The summed E-state index contributed by atoms with van der Waals surface area (Å²) < 4.78 is 11.4. The van der Waals surface area contributed by atoms with E-state index in [1.165, 1.54) is 5.56 Å². The normalized spacial score (nSPS) is 12.1. The largest absolute Gasteiger partial charge is 0.494 e. The van der Waals surface area contributed by atoms with Gasteiger partial charge in [-0.05, 0) is 42.8 Å². The van der Waals surface area contributed by atoms with Crippen LogP contribution in [0.4, 0.5) is 0 Å². The Kier molecular flexibility index (Phi) is 5.24. The molecular weight excluding hydrogens is 350 g/mol. The molecule has 2 heterocycles. The average Bonchev–Trinajstić information content (AvgIpc) is 3.16. The molecule has 5 nitrogen and oxygen atoms in total. The number of aromatic amines is 1. The van der Waals surface area contributed by atoms with Crippen LogP contribution in [0.25, 0.3) is 11.0 Å². The van der Waals surface area contributed by atoms with E-state index in [1.807, 2.05) is 55.6 Å². The van der Waals surface area contributed by atoms with E-state index in [-0.39, 0.29) is 5.92 Å². The zero-order chi connectivity index (χ0) is 19.3. The molecule has 4 aromatic rings. The number of nitrogens with one attached hydrogen (secondary N) is 1. The standard InChI is InChI=1S/C23H23N3O2/c1-3-27-20-10-11-21-22(13-20)26-23(25-21)16(2)18-6-8-19(9-7-18)28-15-17-5-4-12-24-14-17/h4-14,16H,3,15H2,1-2H3,(H,25,26). The van der Waals surface area contributed by atoms with Gasteiger partial charge in [-0.2, -0.15) is 0 Å². The molecular formula is C23H23N3O2. The fraction of sp³-hybridized carbons (Fsp3) is 0.217. The number of hydrogen-bond acceptors (Lipinski definition) is 4. The van der Waals surface area contributed by atoms with Gasteiger partial charge in [0.2, 0.25) is 0 Å². The zero-order valence-corrected chi connectivity index (χ0v) is 16.1. The smallest absolute Gasteiger partial charge is 0.121 e. The predicted molar refractivity (Wildman–Crippen MR) is 110 cm³/mol. The van der Waals surface area contributed by atoms with E-state index in [4.69, 9.17) is 14.5 Å². The van der Waals surface area contributed by atoms with E-state index >= 15 is 0 Å². The molecule has 5 heteroatoms. The maximum atomic E-state index is 5.84. The average molecular weight is 373 g/mol. The highest BCUT2D eigenvalue weighted by Gasteiger charge is 2.14. The Balaban J connectivity index is 1.47. The van der Waals surface area contributed by atoms with Gasteiger partial charge in [-0.3, -0.25) is 4.98 Å². The van der Waals surface area contributed by atoms with Crippen molar-refractivity contribution in [2.45, 2.75) is 26.4 Å². The topological polar surface area (TPSA) is 60.0 Å². The fourth-order valence-corrected chi connectivity index (χ4v) is 3.13. The Labute approximate surface area is 164 Å². The summed E-state index contributed by atoms with van der Waals surface area (Å²) in [6, 6.07) is 18.0. The molecule has 0 amide bonds. The van der Waals surface area contributed by atoms with Crippen LogP contribution in [0.3, 0.4) is 0 Å². The summed E-state index contributed by atoms with van der Waals surface area (Å²) in [5.41, 5.74) is 4.16. The van der Waals surface area contributed by atoms with Crippen molar-refractivity contribution in [3.8, 4) is 11.5 Å². The molecule has 2 aromatic carbocycles. The third-order valence-electron chi connectivity index (χ3n) is 4.70. The van der Waals surface area contributed by atoms with Crippen LogP contribution < -0.4 is 9.47 Å². The molecule has 0 saturated heterocycles. The zero-order valence-electron chi connectivity index (χ0n) is 16.1. The Morgan fingerprint density at radius 3 is 2.57 bits per heavy atom. The minimum atomic E-state index is 0.148. The molecule has 0 saturated carbocycles. The Hall–Kier alpha value is -3.34. The van der Waals surface area contributed by atoms with Gasteiger partial charge in [-0.25, -0.2) is 4.98 Å². The first-order valence-electron chi connectivity index (χ1n) is 9.47. The van der Waals surface area contributed by atoms with Gasteiger partial charge in [0, 0.05) is 29.9 Å². The second kappa shape index (κ2) is 8.13. The van der Waals surface area contributed by atoms with Gasteiger partial charge in [-0.1, -0.05) is 25.1 Å². The summed E-state index contributed by atoms with van der Waals surface area (Å²) in [5, 5.41) is 0. The highest BCUT2D eigenvalue weighted by Crippen LogP contribution is 2.27. The number of fused-ring (bicyclic) bond motifs is 1. The van der Waals surface area contributed by atoms with Crippen LogP contribution in [0.5, 0.6) is 11.5 Å². The number of ether oxygens (including phenoxy) is 2. The quantitative estimate of drug-likeness (QED) is 0.490. The van der Waals surface area contributed by atoms with Crippen LogP contribution in [0, 0.1) is 0 Å². The second-order valence-electron chi connectivity index (χ2n) is 6.67. The van der Waals surface area contributed by atoms with Crippen molar-refractivity contribution in [2.75, 3.05) is 6.61 Å². The summed E-state index contributed by atoms with van der Waals surface area (Å²) in [5.74, 6) is 2.77. The summed E-state index contributed by atoms with van der Waals surface area (Å²) in [6.45, 7) is 5.28. The van der Waals surface area contributed by atoms with Gasteiger partial charge < -0.3 is 14.5 Å². The SMILES string of the molecule is CCOc1ccc2[nH]c(C(C)c3ccc(OCc4cccnc4)cc3)nc2c1. The van der Waals surface area contributed by atoms with E-state index < -0.39 is 0 Å². The van der Waals surface area contributed by atoms with Gasteiger partial charge in [0.1, 0.15) is 23.9 Å². The van der Waals surface area contributed by atoms with Gasteiger partial charge >= 0.3 is 0 Å². The first-order valence-corrected chi connectivity index (χ1v) is 9.47. The summed E-state index contributed by atoms with van der Waals surface area (Å²) in [6.07, 6.45) is 3.57. The minimum absolute atomic E-state index is 0.148. The molecule has 1 unspecified atom stereocenters. The van der Waals surface area contributed by atoms with Crippen LogP contribution in [-0.4, -0.2) is 21.6 Å². The number of H-pyrrole nitrogens is 1. The second-order valence-corrected chi connectivity index (χ2v) is 6.67. The molecule has 1 N–H and O–H groups in total. The van der Waals surface area contributed by atoms with E-state index in [1.54, 1.807) is 6.20 Å². The summed E-state index contributed by atoms with van der Waals surface area (Å²) >= 11 is 0. The van der Waals surface area contributed by atoms with Crippen molar-refractivity contribution in [3.05, 3.63) is 83.9 Å². The lowest BCUT2D eigenvalue weighted by atomic mass is 10.0. The monoisotopic (exact) mass is 373 g/mol. The van der Waals surface area contributed by atoms with E-state index in [0.29, 0.717) is 13.2 Å². The predicted octanol–water partition coefficient (Wildman–Crippen LogP) is 5.09. The number of imidazole rings is 1. The van der Waals surface area contributed by atoms with Gasteiger partial charge in [0.15, 0.2) is 0 Å². The molecule has 4 rings (SSSR count). The van der Waals surface area contributed by atoms with Gasteiger partial charge in [0.25, 0.3) is 0 Å². The van der Waals surface area contributed by atoms with Crippen molar-refractivity contribution in [1.29, 1.82) is 0 Å². The molecule has 1 atom stereocenters. The third kappa shape index (κ3) is 3.98. The van der Waals surface area contributed by atoms with Crippen molar-refractivity contribution in [1.82, 2.24) is 15.0 Å². The molecule has 142 valence electrons. The number of hydrogen-bond donors (Lipinski definition) is 1. The third-order valence-corrected chi connectivity index (χ3v) is 4.70. The molecule has 0 aliphatic heterocycles. The lowest BCUT2D eigenvalue weighted by molar-refractivity contribution is 0.305. The van der Waals surface area contributed by atoms with E-state index in [0.717, 1.165) is 33.9 Å². The van der Waals surface area contributed by atoms with Crippen molar-refractivity contribution >= 4 is 11.0 Å². The molecule has 28 heavy (non-hydrogen) atoms. The molecule has 0 aliphatic carbocycles. The number of rotatable bonds is 7. The molecule has 0 spiro atoms. The molecule has 0 bridgehead atoms. The van der Waals surface area contributed by atoms with Gasteiger partial charge in [0.05, 0.1) is 17.6 Å². The highest BCUT2D eigenvalue weighted by molar-refractivity contribution is 5.77. The molecule has 2 aromatic heterocycles. The highest BCUT2D eigenvalue weighted by atomic mass is 16.5. The fourth-order valence-electron chi connectivity index (χ4n) is 3.13. The van der Waals surface area contributed by atoms with Crippen molar-refractivity contribution < 1.29 is 9.47 Å². The first kappa shape index (κ1) is 18.0. The molecule has 0 fully saturated rings. The Bertz CT molecular complexity index is 1040. The summed E-state index contributed by atoms with van der Waals surface area (Å²) in [7, 11) is 0. The van der Waals surface area contributed by atoms with Crippen LogP contribution in [-0.2, 0) is 6.61 Å². The first-order chi connectivity index (χ1) is 13.7. The van der Waals surface area contributed by atoms with Gasteiger partial charge in [-0.15, -0.1) is 0 Å². The van der Waals surface area contributed by atoms with Crippen LogP contribution in [0.2, 0.25) is 0 Å². The van der Waals surface area contributed by atoms with Crippen LogP contribution in [0.1, 0.15) is 36.7 Å². The number of aromatic nitrogens is 3. The van der Waals surface area contributed by atoms with E-state index in [2.05, 4.69) is 29.0 Å². The lowest BCUT2D eigenvalue weighted by Gasteiger charge is -2.11. The number of benzene rings is 2. The Morgan fingerprint density at radius 2 is 1.82 bits per heavy atom. The maximum Gasteiger partial charge on any atom is 0.121 e. The molecule has 0 radical (unpaired) electrons. The van der Waals surface area contributed by atoms with Crippen LogP contribution >= 0.6 is 0 Å². The Morgan fingerprint density at radius 1 is 1.00 bits per heavy atom. The van der Waals surface area contributed by atoms with Crippen LogP contribution in [0.15, 0.2) is 67.0 Å². The minimum Gasteiger partial charge on any atom is -0.494 e. The molecule has 0 aliphatic rings. The number of pyridine rings is 1. The number of nitrogens with zero attached hydrogens (tertiary/aromatic N) is 2. The van der Waals surface area contributed by atoms with Crippen molar-refractivity contribution in [2.24, 2.45) is 0 Å². The maximum absolute atomic E-state index is 5.84. The lowest BCUT2D eigenvalue weighted by Crippen LogP contribution is -1.99. The van der Waals surface area contributed by atoms with Crippen molar-refractivity contribution in [3.63, 3.8) is 0 Å².